The van der Waals surface area contributed by atoms with E-state index in [2.05, 4.69) is 5.32 Å². The minimum atomic E-state index is -1.24. The largest absolute Gasteiger partial charge is 0.493 e. The van der Waals surface area contributed by atoms with Crippen molar-refractivity contribution >= 4 is 23.3 Å². The van der Waals surface area contributed by atoms with E-state index in [0.29, 0.717) is 11.3 Å². The van der Waals surface area contributed by atoms with E-state index in [0.717, 1.165) is 12.1 Å². The van der Waals surface area contributed by atoms with Crippen molar-refractivity contribution in [3.05, 3.63) is 57.6 Å². The summed E-state index contributed by atoms with van der Waals surface area (Å²) in [5.41, 5.74) is -0.116. The minimum absolute atomic E-state index is 0.0716. The zero-order chi connectivity index (χ0) is 21.6. The first kappa shape index (κ1) is 21.2. The molecule has 29 heavy (non-hydrogen) atoms. The number of carbonyl (C=O) groups excluding carboxylic acids is 2. The quantitative estimate of drug-likeness (QED) is 0.425. The molecule has 0 aliphatic rings. The maximum absolute atomic E-state index is 12.4. The molecule has 1 amide bonds. The molecule has 150 valence electrons. The van der Waals surface area contributed by atoms with E-state index in [-0.39, 0.29) is 17.1 Å². The van der Waals surface area contributed by atoms with Crippen LogP contribution < -0.4 is 14.8 Å². The molecule has 10 nitrogen and oxygen atoms in total. The highest BCUT2D eigenvalue weighted by Crippen LogP contribution is 2.35. The fourth-order valence-electron chi connectivity index (χ4n) is 2.33. The van der Waals surface area contributed by atoms with Crippen molar-refractivity contribution in [2.24, 2.45) is 0 Å². The van der Waals surface area contributed by atoms with Crippen LogP contribution in [0.2, 0.25) is 0 Å². The maximum Gasteiger partial charge on any atom is 0.346 e. The Morgan fingerprint density at radius 1 is 1.14 bits per heavy atom. The van der Waals surface area contributed by atoms with E-state index >= 15 is 0 Å². The predicted molar refractivity (Wildman–Crippen MR) is 101 cm³/mol. The molecule has 0 radical (unpaired) electrons. The summed E-state index contributed by atoms with van der Waals surface area (Å²) < 4.78 is 15.1. The number of hydrogen-bond acceptors (Lipinski definition) is 8. The highest BCUT2D eigenvalue weighted by atomic mass is 16.6. The molecule has 0 spiro atoms. The van der Waals surface area contributed by atoms with E-state index in [9.17, 15) is 19.7 Å². The Labute approximate surface area is 165 Å². The number of ether oxygens (including phenoxy) is 3. The van der Waals surface area contributed by atoms with Crippen LogP contribution in [0.4, 0.5) is 11.4 Å². The van der Waals surface area contributed by atoms with Gasteiger partial charge in [-0.25, -0.2) is 4.79 Å². The van der Waals surface area contributed by atoms with Gasteiger partial charge in [0.2, 0.25) is 0 Å². The third kappa shape index (κ3) is 4.98. The number of nitrogens with zero attached hydrogens (tertiary/aromatic N) is 2. The fraction of sp³-hybridized carbons (Fsp3) is 0.211. The number of carbonyl (C=O) groups is 2. The lowest BCUT2D eigenvalue weighted by Gasteiger charge is -2.15. The lowest BCUT2D eigenvalue weighted by Crippen LogP contribution is -2.30. The van der Waals surface area contributed by atoms with Crippen molar-refractivity contribution in [2.75, 3.05) is 19.5 Å². The molecule has 0 bridgehead atoms. The van der Waals surface area contributed by atoms with Crippen LogP contribution >= 0.6 is 0 Å². The van der Waals surface area contributed by atoms with Gasteiger partial charge in [0.25, 0.3) is 11.6 Å². The van der Waals surface area contributed by atoms with E-state index in [4.69, 9.17) is 19.5 Å². The molecule has 2 aromatic carbocycles. The van der Waals surface area contributed by atoms with Gasteiger partial charge in [-0.3, -0.25) is 14.9 Å². The molecular weight excluding hydrogens is 382 g/mol. The third-order valence-electron chi connectivity index (χ3n) is 3.85. The molecule has 0 aliphatic carbocycles. The van der Waals surface area contributed by atoms with Crippen LogP contribution in [-0.4, -0.2) is 37.1 Å². The van der Waals surface area contributed by atoms with Crippen molar-refractivity contribution in [3.8, 4) is 17.6 Å². The smallest absolute Gasteiger partial charge is 0.346 e. The van der Waals surface area contributed by atoms with Gasteiger partial charge in [-0.05, 0) is 31.2 Å². The standard InChI is InChI=1S/C19H17N3O7/c1-11(18(23)21-13-6-4-12(10-20)5-7-13)29-19(24)14-8-16(27-2)17(28-3)9-15(14)22(25)26/h4-9,11H,1-3H3,(H,21,23)/t11-/m1/s1. The Kier molecular flexibility index (Phi) is 6.71. The number of methoxy groups -OCH3 is 2. The average molecular weight is 399 g/mol. The maximum atomic E-state index is 12.4. The second-order valence-electron chi connectivity index (χ2n) is 5.71. The summed E-state index contributed by atoms with van der Waals surface area (Å²) in [5.74, 6) is -1.55. The Morgan fingerprint density at radius 3 is 2.24 bits per heavy atom. The van der Waals surface area contributed by atoms with Gasteiger partial charge in [0, 0.05) is 11.8 Å². The number of esters is 1. The summed E-state index contributed by atoms with van der Waals surface area (Å²) in [7, 11) is 2.61. The summed E-state index contributed by atoms with van der Waals surface area (Å²) in [4.78, 5) is 35.2. The molecule has 0 fully saturated rings. The normalized spacial score (nSPS) is 11.0. The molecule has 0 heterocycles. The number of rotatable bonds is 7. The van der Waals surface area contributed by atoms with Crippen molar-refractivity contribution in [3.63, 3.8) is 0 Å². The molecule has 0 unspecified atom stereocenters. The fourth-order valence-corrected chi connectivity index (χ4v) is 2.33. The second kappa shape index (κ2) is 9.18. The summed E-state index contributed by atoms with van der Waals surface area (Å²) in [6, 6.07) is 10.2. The SMILES string of the molecule is COc1cc(C(=O)O[C@H](C)C(=O)Nc2ccc(C#N)cc2)c([N+](=O)[O-])cc1OC. The number of nitrogens with one attached hydrogen (secondary N) is 1. The van der Waals surface area contributed by atoms with E-state index in [1.54, 1.807) is 0 Å². The molecule has 10 heteroatoms. The first-order valence-corrected chi connectivity index (χ1v) is 8.23. The third-order valence-corrected chi connectivity index (χ3v) is 3.85. The predicted octanol–water partition coefficient (Wildman–Crippen LogP) is 2.67. The van der Waals surface area contributed by atoms with Crippen molar-refractivity contribution in [1.29, 1.82) is 5.26 Å². The molecule has 1 N–H and O–H groups in total. The summed E-state index contributed by atoms with van der Waals surface area (Å²) in [6.45, 7) is 1.32. The van der Waals surface area contributed by atoms with E-state index in [1.165, 1.54) is 45.4 Å². The van der Waals surface area contributed by atoms with Crippen LogP contribution in [0.3, 0.4) is 0 Å². The summed E-state index contributed by atoms with van der Waals surface area (Å²) >= 11 is 0. The van der Waals surface area contributed by atoms with Crippen LogP contribution in [0.15, 0.2) is 36.4 Å². The first-order chi connectivity index (χ1) is 13.8. The molecule has 0 saturated heterocycles. The van der Waals surface area contributed by atoms with Gasteiger partial charge >= 0.3 is 5.97 Å². The van der Waals surface area contributed by atoms with Gasteiger partial charge in [0.05, 0.1) is 36.8 Å². The van der Waals surface area contributed by atoms with Gasteiger partial charge in [0.15, 0.2) is 17.6 Å². The summed E-state index contributed by atoms with van der Waals surface area (Å²) in [6.07, 6.45) is -1.24. The lowest BCUT2D eigenvalue weighted by molar-refractivity contribution is -0.385. The summed E-state index contributed by atoms with van der Waals surface area (Å²) in [5, 5.41) is 22.6. The highest BCUT2D eigenvalue weighted by molar-refractivity contribution is 5.99. The number of nitro groups is 1. The lowest BCUT2D eigenvalue weighted by atomic mass is 10.1. The Bertz CT molecular complexity index is 981. The zero-order valence-corrected chi connectivity index (χ0v) is 15.8. The van der Waals surface area contributed by atoms with Crippen molar-refractivity contribution in [1.82, 2.24) is 0 Å². The van der Waals surface area contributed by atoms with Crippen LogP contribution in [0.5, 0.6) is 11.5 Å². The van der Waals surface area contributed by atoms with Crippen LogP contribution in [-0.2, 0) is 9.53 Å². The number of hydrogen-bond donors (Lipinski definition) is 1. The molecule has 2 rings (SSSR count). The average Bonchev–Trinajstić information content (AvgIpc) is 2.72. The zero-order valence-electron chi connectivity index (χ0n) is 15.8. The topological polar surface area (TPSA) is 141 Å². The molecule has 0 aromatic heterocycles. The van der Waals surface area contributed by atoms with Crippen molar-refractivity contribution < 1.29 is 28.7 Å². The first-order valence-electron chi connectivity index (χ1n) is 8.23. The number of benzene rings is 2. The Morgan fingerprint density at radius 2 is 1.72 bits per heavy atom. The molecule has 0 aliphatic heterocycles. The number of nitro benzene ring substituents is 1. The van der Waals surface area contributed by atoms with Crippen LogP contribution in [0.25, 0.3) is 0 Å². The molecule has 1 atom stereocenters. The number of anilines is 1. The van der Waals surface area contributed by atoms with Gasteiger partial charge in [0.1, 0.15) is 5.56 Å². The Balaban J connectivity index is 2.18. The van der Waals surface area contributed by atoms with Gasteiger partial charge < -0.3 is 19.5 Å². The number of amides is 1. The van der Waals surface area contributed by atoms with Crippen LogP contribution in [0, 0.1) is 21.4 Å². The molecular formula is C19H17N3O7. The van der Waals surface area contributed by atoms with Gasteiger partial charge in [-0.15, -0.1) is 0 Å². The second-order valence-corrected chi connectivity index (χ2v) is 5.71. The highest BCUT2D eigenvalue weighted by Gasteiger charge is 2.28. The van der Waals surface area contributed by atoms with E-state index < -0.39 is 28.6 Å². The van der Waals surface area contributed by atoms with Crippen LogP contribution in [0.1, 0.15) is 22.8 Å². The molecule has 0 saturated carbocycles. The van der Waals surface area contributed by atoms with Crippen molar-refractivity contribution in [2.45, 2.75) is 13.0 Å². The monoisotopic (exact) mass is 399 g/mol. The van der Waals surface area contributed by atoms with E-state index in [1.807, 2.05) is 6.07 Å². The van der Waals surface area contributed by atoms with Gasteiger partial charge in [-0.1, -0.05) is 0 Å². The Hall–Kier alpha value is -4.13. The number of nitriles is 1. The van der Waals surface area contributed by atoms with Gasteiger partial charge in [-0.2, -0.15) is 5.26 Å². The minimum Gasteiger partial charge on any atom is -0.493 e. The molecule has 2 aromatic rings.